The number of rotatable bonds is 4. The van der Waals surface area contributed by atoms with Gasteiger partial charge in [-0.15, -0.1) is 0 Å². The van der Waals surface area contributed by atoms with Crippen LogP contribution in [0.15, 0.2) is 91.1 Å². The minimum Gasteiger partial charge on any atom is -0.493 e. The van der Waals surface area contributed by atoms with Crippen LogP contribution >= 0.6 is 0 Å². The molecule has 4 aromatic carbocycles. The summed E-state index contributed by atoms with van der Waals surface area (Å²) < 4.78 is 11.2. The predicted octanol–water partition coefficient (Wildman–Crippen LogP) is 7.42. The van der Waals surface area contributed by atoms with E-state index in [1.807, 2.05) is 6.07 Å². The first kappa shape index (κ1) is 21.7. The maximum absolute atomic E-state index is 5.65. The van der Waals surface area contributed by atoms with Gasteiger partial charge < -0.3 is 9.47 Å². The molecule has 0 saturated heterocycles. The summed E-state index contributed by atoms with van der Waals surface area (Å²) in [7, 11) is 3.35. The van der Waals surface area contributed by atoms with Crippen molar-refractivity contribution in [1.82, 2.24) is 4.98 Å². The number of aromatic nitrogens is 1. The Bertz CT molecular complexity index is 1520. The van der Waals surface area contributed by atoms with E-state index < -0.39 is 0 Å². The molecule has 35 heavy (non-hydrogen) atoms. The largest absolute Gasteiger partial charge is 0.493 e. The van der Waals surface area contributed by atoms with Crippen LogP contribution < -0.4 is 9.47 Å². The standard InChI is InChI=1S/C32H29NO2/c1-31(2)20-32(22-11-7-5-8-12-22,23-13-9-6-10-14-23)29-24-16-15-21-17-27(34-3)28(35-4)18-25(21)30(24)33-19-26(29)31/h5-19H,20H2,1-4H3. The van der Waals surface area contributed by atoms with Gasteiger partial charge in [0.25, 0.3) is 0 Å². The van der Waals surface area contributed by atoms with Crippen molar-refractivity contribution in [3.63, 3.8) is 0 Å². The summed E-state index contributed by atoms with van der Waals surface area (Å²) >= 11 is 0. The van der Waals surface area contributed by atoms with Crippen LogP contribution in [0.1, 0.15) is 42.5 Å². The summed E-state index contributed by atoms with van der Waals surface area (Å²) in [5.74, 6) is 1.44. The number of hydrogen-bond acceptors (Lipinski definition) is 3. The second kappa shape index (κ2) is 7.84. The third-order valence-electron chi connectivity index (χ3n) is 7.75. The second-order valence-electron chi connectivity index (χ2n) is 10.1. The van der Waals surface area contributed by atoms with Gasteiger partial charge in [0.15, 0.2) is 11.5 Å². The van der Waals surface area contributed by atoms with Gasteiger partial charge in [0.05, 0.1) is 19.7 Å². The molecule has 3 nitrogen and oxygen atoms in total. The molecule has 0 radical (unpaired) electrons. The monoisotopic (exact) mass is 459 g/mol. The van der Waals surface area contributed by atoms with Crippen molar-refractivity contribution in [3.8, 4) is 11.5 Å². The normalized spacial score (nSPS) is 15.8. The molecule has 0 fully saturated rings. The van der Waals surface area contributed by atoms with Gasteiger partial charge in [-0.1, -0.05) is 86.6 Å². The highest BCUT2D eigenvalue weighted by Crippen LogP contribution is 2.58. The van der Waals surface area contributed by atoms with Crippen LogP contribution in [-0.2, 0) is 10.8 Å². The van der Waals surface area contributed by atoms with Crippen LogP contribution in [0.25, 0.3) is 21.7 Å². The lowest BCUT2D eigenvalue weighted by Crippen LogP contribution is -2.29. The number of nitrogens with zero attached hydrogens (tertiary/aromatic N) is 1. The molecular weight excluding hydrogens is 430 g/mol. The van der Waals surface area contributed by atoms with Gasteiger partial charge in [-0.25, -0.2) is 0 Å². The van der Waals surface area contributed by atoms with E-state index in [1.54, 1.807) is 14.2 Å². The van der Waals surface area contributed by atoms with Gasteiger partial charge in [0.1, 0.15) is 0 Å². The Morgan fingerprint density at radius 1 is 0.714 bits per heavy atom. The van der Waals surface area contributed by atoms with Crippen molar-refractivity contribution in [1.29, 1.82) is 0 Å². The van der Waals surface area contributed by atoms with Crippen LogP contribution in [0.3, 0.4) is 0 Å². The zero-order valence-corrected chi connectivity index (χ0v) is 20.6. The molecule has 1 aromatic heterocycles. The molecule has 0 spiro atoms. The summed E-state index contributed by atoms with van der Waals surface area (Å²) in [6, 6.07) is 30.4. The van der Waals surface area contributed by atoms with Gasteiger partial charge in [-0.3, -0.25) is 4.98 Å². The molecular formula is C32H29NO2. The second-order valence-corrected chi connectivity index (χ2v) is 10.1. The highest BCUT2D eigenvalue weighted by molar-refractivity contribution is 6.08. The lowest BCUT2D eigenvalue weighted by Gasteiger charge is -2.34. The van der Waals surface area contributed by atoms with E-state index in [4.69, 9.17) is 14.5 Å². The molecule has 0 N–H and O–H groups in total. The summed E-state index contributed by atoms with van der Waals surface area (Å²) in [5, 5.41) is 3.35. The fourth-order valence-electron chi connectivity index (χ4n) is 6.24. The SMILES string of the molecule is COc1cc2ccc3c4c(cnc3c2cc1OC)C(C)(C)CC4(c1ccccc1)c1ccccc1. The Morgan fingerprint density at radius 3 is 1.91 bits per heavy atom. The Labute approximate surface area is 206 Å². The van der Waals surface area contributed by atoms with Gasteiger partial charge in [0.2, 0.25) is 0 Å². The highest BCUT2D eigenvalue weighted by atomic mass is 16.5. The predicted molar refractivity (Wildman–Crippen MR) is 143 cm³/mol. The molecule has 3 heteroatoms. The Hall–Kier alpha value is -3.85. The first-order valence-electron chi connectivity index (χ1n) is 12.1. The summed E-state index contributed by atoms with van der Waals surface area (Å²) in [5.41, 5.74) is 6.01. The van der Waals surface area contributed by atoms with Crippen molar-refractivity contribution in [2.45, 2.75) is 31.1 Å². The zero-order chi connectivity index (χ0) is 24.2. The molecule has 6 rings (SSSR count). The molecule has 1 aliphatic carbocycles. The average molecular weight is 460 g/mol. The average Bonchev–Trinajstić information content (AvgIpc) is 3.16. The third kappa shape index (κ3) is 3.07. The molecule has 0 saturated carbocycles. The molecule has 0 aliphatic heterocycles. The Morgan fingerprint density at radius 2 is 1.31 bits per heavy atom. The molecule has 0 amide bonds. The number of ether oxygens (including phenoxy) is 2. The fourth-order valence-corrected chi connectivity index (χ4v) is 6.24. The maximum atomic E-state index is 5.65. The minimum absolute atomic E-state index is 0.0330. The van der Waals surface area contributed by atoms with E-state index in [1.165, 1.54) is 27.6 Å². The first-order chi connectivity index (χ1) is 17.0. The number of pyridine rings is 1. The topological polar surface area (TPSA) is 31.4 Å². The van der Waals surface area contributed by atoms with Crippen molar-refractivity contribution in [2.24, 2.45) is 0 Å². The third-order valence-corrected chi connectivity index (χ3v) is 7.75. The van der Waals surface area contributed by atoms with Crippen LogP contribution in [0, 0.1) is 0 Å². The lowest BCUT2D eigenvalue weighted by atomic mass is 9.68. The molecule has 5 aromatic rings. The Balaban J connectivity index is 1.77. The molecule has 0 bridgehead atoms. The molecule has 174 valence electrons. The smallest absolute Gasteiger partial charge is 0.161 e. The van der Waals surface area contributed by atoms with Crippen LogP contribution in [0.2, 0.25) is 0 Å². The lowest BCUT2D eigenvalue weighted by molar-refractivity contribution is 0.356. The zero-order valence-electron chi connectivity index (χ0n) is 20.6. The van der Waals surface area contributed by atoms with E-state index in [-0.39, 0.29) is 10.8 Å². The minimum atomic E-state index is -0.271. The first-order valence-corrected chi connectivity index (χ1v) is 12.1. The summed E-state index contributed by atoms with van der Waals surface area (Å²) in [6.45, 7) is 4.70. The van der Waals surface area contributed by atoms with Gasteiger partial charge in [0, 0.05) is 22.4 Å². The van der Waals surface area contributed by atoms with Crippen molar-refractivity contribution in [3.05, 3.63) is 113 Å². The highest BCUT2D eigenvalue weighted by Gasteiger charge is 2.51. The van der Waals surface area contributed by atoms with Crippen molar-refractivity contribution >= 4 is 21.7 Å². The van der Waals surface area contributed by atoms with E-state index in [2.05, 4.69) is 98.9 Å². The number of benzene rings is 4. The van der Waals surface area contributed by atoms with Crippen LogP contribution in [0.4, 0.5) is 0 Å². The van der Waals surface area contributed by atoms with E-state index in [0.29, 0.717) is 5.75 Å². The molecule has 1 heterocycles. The van der Waals surface area contributed by atoms with Gasteiger partial charge in [-0.05, 0) is 51.6 Å². The molecule has 1 aliphatic rings. The molecule has 0 unspecified atom stereocenters. The van der Waals surface area contributed by atoms with Gasteiger partial charge in [-0.2, -0.15) is 0 Å². The maximum Gasteiger partial charge on any atom is 0.161 e. The van der Waals surface area contributed by atoms with Crippen LogP contribution in [0.5, 0.6) is 11.5 Å². The number of methoxy groups -OCH3 is 2. The Kier molecular flexibility index (Phi) is 4.86. The van der Waals surface area contributed by atoms with Crippen molar-refractivity contribution < 1.29 is 9.47 Å². The van der Waals surface area contributed by atoms with E-state index in [0.717, 1.165) is 28.5 Å². The summed E-state index contributed by atoms with van der Waals surface area (Å²) in [4.78, 5) is 5.06. The summed E-state index contributed by atoms with van der Waals surface area (Å²) in [6.07, 6.45) is 3.09. The van der Waals surface area contributed by atoms with E-state index in [9.17, 15) is 0 Å². The molecule has 0 atom stereocenters. The number of hydrogen-bond donors (Lipinski definition) is 0. The fraction of sp³-hybridized carbons (Fsp3) is 0.219. The van der Waals surface area contributed by atoms with E-state index >= 15 is 0 Å². The van der Waals surface area contributed by atoms with Gasteiger partial charge >= 0.3 is 0 Å². The van der Waals surface area contributed by atoms with Crippen LogP contribution in [-0.4, -0.2) is 19.2 Å². The van der Waals surface area contributed by atoms with Crippen molar-refractivity contribution in [2.75, 3.05) is 14.2 Å². The number of fused-ring (bicyclic) bond motifs is 5. The quantitative estimate of drug-likeness (QED) is 0.262.